The zero-order valence-corrected chi connectivity index (χ0v) is 15.4. The molecule has 1 aliphatic rings. The fourth-order valence-electron chi connectivity index (χ4n) is 2.90. The van der Waals surface area contributed by atoms with Crippen molar-refractivity contribution in [3.05, 3.63) is 18.3 Å². The second-order valence-corrected chi connectivity index (χ2v) is 8.28. The molecule has 0 bridgehead atoms. The van der Waals surface area contributed by atoms with Gasteiger partial charge in [-0.25, -0.2) is 9.78 Å². The number of carbonyl (C=O) groups excluding carboxylic acids is 1. The topological polar surface area (TPSA) is 80.3 Å². The summed E-state index contributed by atoms with van der Waals surface area (Å²) in [6, 6.07) is 3.30. The average molecular weight is 353 g/mol. The molecule has 1 aromatic rings. The van der Waals surface area contributed by atoms with E-state index in [1.807, 2.05) is 20.8 Å². The van der Waals surface area contributed by atoms with Crippen molar-refractivity contribution in [1.29, 1.82) is 0 Å². The lowest BCUT2D eigenvalue weighted by Crippen LogP contribution is -2.43. The summed E-state index contributed by atoms with van der Waals surface area (Å²) < 4.78 is 17.6. The van der Waals surface area contributed by atoms with E-state index in [0.717, 1.165) is 25.7 Å². The van der Waals surface area contributed by atoms with E-state index in [1.165, 1.54) is 0 Å². The zero-order chi connectivity index (χ0) is 17.5. The Labute approximate surface area is 146 Å². The summed E-state index contributed by atoms with van der Waals surface area (Å²) in [5, 5.41) is 5.98. The Kier molecular flexibility index (Phi) is 7.02. The van der Waals surface area contributed by atoms with Crippen LogP contribution in [0, 0.1) is 0 Å². The van der Waals surface area contributed by atoms with E-state index >= 15 is 0 Å². The lowest BCUT2D eigenvalue weighted by Gasteiger charge is -2.29. The number of urea groups is 1. The van der Waals surface area contributed by atoms with Gasteiger partial charge in [-0.2, -0.15) is 0 Å². The summed E-state index contributed by atoms with van der Waals surface area (Å²) in [4.78, 5) is 16.4. The zero-order valence-electron chi connectivity index (χ0n) is 14.6. The van der Waals surface area contributed by atoms with Crippen LogP contribution in [-0.2, 0) is 10.8 Å². The van der Waals surface area contributed by atoms with Crippen molar-refractivity contribution in [3.63, 3.8) is 0 Å². The number of rotatable bonds is 6. The SMILES string of the molecule is CCS(=O)C1CCCC(NC(=O)Nc2cccnc2OC(C)C)C1. The second-order valence-electron chi connectivity index (χ2n) is 6.28. The van der Waals surface area contributed by atoms with E-state index < -0.39 is 10.8 Å². The first-order valence-corrected chi connectivity index (χ1v) is 9.94. The van der Waals surface area contributed by atoms with Crippen molar-refractivity contribution in [2.24, 2.45) is 0 Å². The van der Waals surface area contributed by atoms with E-state index in [4.69, 9.17) is 4.74 Å². The smallest absolute Gasteiger partial charge is 0.319 e. The Morgan fingerprint density at radius 1 is 1.46 bits per heavy atom. The first-order chi connectivity index (χ1) is 11.5. The number of hydrogen-bond acceptors (Lipinski definition) is 4. The van der Waals surface area contributed by atoms with Gasteiger partial charge in [0, 0.05) is 34.0 Å². The Hall–Kier alpha value is -1.63. The van der Waals surface area contributed by atoms with E-state index in [0.29, 0.717) is 17.3 Å². The van der Waals surface area contributed by atoms with Gasteiger partial charge in [0.15, 0.2) is 0 Å². The van der Waals surface area contributed by atoms with Crippen LogP contribution in [-0.4, -0.2) is 38.4 Å². The predicted molar refractivity (Wildman–Crippen MR) is 96.9 cm³/mol. The Balaban J connectivity index is 1.92. The largest absolute Gasteiger partial charge is 0.473 e. The van der Waals surface area contributed by atoms with E-state index in [1.54, 1.807) is 18.3 Å². The van der Waals surface area contributed by atoms with Crippen LogP contribution in [0.2, 0.25) is 0 Å². The minimum Gasteiger partial charge on any atom is -0.473 e. The lowest BCUT2D eigenvalue weighted by atomic mass is 9.95. The highest BCUT2D eigenvalue weighted by Gasteiger charge is 2.26. The minimum absolute atomic E-state index is 0.0216. The molecule has 3 unspecified atom stereocenters. The maximum absolute atomic E-state index is 12.3. The minimum atomic E-state index is -0.799. The molecular weight excluding hydrogens is 326 g/mol. The molecular formula is C17H27N3O3S. The van der Waals surface area contributed by atoms with Gasteiger partial charge in [-0.3, -0.25) is 4.21 Å². The summed E-state index contributed by atoms with van der Waals surface area (Å²) in [6.45, 7) is 5.77. The molecule has 1 fully saturated rings. The summed E-state index contributed by atoms with van der Waals surface area (Å²) in [7, 11) is -0.799. The molecule has 134 valence electrons. The molecule has 1 aromatic heterocycles. The average Bonchev–Trinajstić information content (AvgIpc) is 2.55. The Morgan fingerprint density at radius 3 is 2.96 bits per heavy atom. The molecule has 3 atom stereocenters. The van der Waals surface area contributed by atoms with Crippen LogP contribution >= 0.6 is 0 Å². The molecule has 7 heteroatoms. The van der Waals surface area contributed by atoms with E-state index in [2.05, 4.69) is 15.6 Å². The molecule has 2 amide bonds. The Bertz CT molecular complexity index is 580. The first-order valence-electron chi connectivity index (χ1n) is 8.56. The van der Waals surface area contributed by atoms with Gasteiger partial charge in [-0.1, -0.05) is 13.3 Å². The molecule has 1 saturated carbocycles. The van der Waals surface area contributed by atoms with Gasteiger partial charge >= 0.3 is 6.03 Å². The molecule has 0 spiro atoms. The molecule has 2 N–H and O–H groups in total. The number of amides is 2. The van der Waals surface area contributed by atoms with E-state index in [9.17, 15) is 9.00 Å². The maximum atomic E-state index is 12.3. The van der Waals surface area contributed by atoms with Crippen molar-refractivity contribution in [1.82, 2.24) is 10.3 Å². The third-order valence-corrected chi connectivity index (χ3v) is 5.73. The van der Waals surface area contributed by atoms with Crippen LogP contribution in [0.25, 0.3) is 0 Å². The highest BCUT2D eigenvalue weighted by molar-refractivity contribution is 7.85. The van der Waals surface area contributed by atoms with Crippen molar-refractivity contribution in [2.45, 2.75) is 63.9 Å². The van der Waals surface area contributed by atoms with Gasteiger partial charge in [-0.05, 0) is 45.2 Å². The van der Waals surface area contributed by atoms with Crippen molar-refractivity contribution in [3.8, 4) is 5.88 Å². The first kappa shape index (κ1) is 18.7. The number of carbonyl (C=O) groups is 1. The molecule has 24 heavy (non-hydrogen) atoms. The summed E-state index contributed by atoms with van der Waals surface area (Å²) in [5.74, 6) is 1.09. The van der Waals surface area contributed by atoms with E-state index in [-0.39, 0.29) is 23.4 Å². The summed E-state index contributed by atoms with van der Waals surface area (Å²) >= 11 is 0. The highest BCUT2D eigenvalue weighted by Crippen LogP contribution is 2.24. The molecule has 0 saturated heterocycles. The van der Waals surface area contributed by atoms with Crippen LogP contribution in [0.15, 0.2) is 18.3 Å². The molecule has 1 aliphatic carbocycles. The van der Waals surface area contributed by atoms with Gasteiger partial charge in [0.2, 0.25) is 5.88 Å². The third kappa shape index (κ3) is 5.47. The summed E-state index contributed by atoms with van der Waals surface area (Å²) in [6.07, 6.45) is 5.29. The van der Waals surface area contributed by atoms with Gasteiger partial charge in [0.25, 0.3) is 0 Å². The molecule has 0 aliphatic heterocycles. The number of nitrogens with one attached hydrogen (secondary N) is 2. The van der Waals surface area contributed by atoms with Crippen LogP contribution in [0.3, 0.4) is 0 Å². The fraction of sp³-hybridized carbons (Fsp3) is 0.647. The molecule has 1 heterocycles. The number of hydrogen-bond donors (Lipinski definition) is 2. The number of nitrogens with zero attached hydrogens (tertiary/aromatic N) is 1. The maximum Gasteiger partial charge on any atom is 0.319 e. The van der Waals surface area contributed by atoms with Crippen molar-refractivity contribution >= 4 is 22.5 Å². The second kappa shape index (κ2) is 9.01. The molecule has 0 aromatic carbocycles. The highest BCUT2D eigenvalue weighted by atomic mass is 32.2. The van der Waals surface area contributed by atoms with Gasteiger partial charge in [0.1, 0.15) is 5.69 Å². The summed E-state index contributed by atoms with van der Waals surface area (Å²) in [5.41, 5.74) is 0.549. The molecule has 6 nitrogen and oxygen atoms in total. The van der Waals surface area contributed by atoms with Crippen molar-refractivity contribution < 1.29 is 13.7 Å². The number of ether oxygens (including phenoxy) is 1. The van der Waals surface area contributed by atoms with Crippen LogP contribution in [0.1, 0.15) is 46.5 Å². The normalized spacial score (nSPS) is 22.0. The number of pyridine rings is 1. The monoisotopic (exact) mass is 353 g/mol. The quantitative estimate of drug-likeness (QED) is 0.823. The van der Waals surface area contributed by atoms with Crippen molar-refractivity contribution in [2.75, 3.05) is 11.1 Å². The predicted octanol–water partition coefficient (Wildman–Crippen LogP) is 3.07. The lowest BCUT2D eigenvalue weighted by molar-refractivity contribution is 0.232. The Morgan fingerprint density at radius 2 is 2.25 bits per heavy atom. The van der Waals surface area contributed by atoms with Gasteiger partial charge in [-0.15, -0.1) is 0 Å². The standard InChI is InChI=1S/C17H27N3O3S/c1-4-24(22)14-8-5-7-13(11-14)19-17(21)20-15-9-6-10-18-16(15)23-12(2)3/h6,9-10,12-14H,4-5,7-8,11H2,1-3H3,(H2,19,20,21). The number of anilines is 1. The molecule has 0 radical (unpaired) electrons. The van der Waals surface area contributed by atoms with Crippen LogP contribution in [0.5, 0.6) is 5.88 Å². The fourth-order valence-corrected chi connectivity index (χ4v) is 4.25. The van der Waals surface area contributed by atoms with Gasteiger partial charge in [0.05, 0.1) is 6.10 Å². The third-order valence-electron chi connectivity index (χ3n) is 3.98. The van der Waals surface area contributed by atoms with Crippen LogP contribution < -0.4 is 15.4 Å². The van der Waals surface area contributed by atoms with Gasteiger partial charge < -0.3 is 15.4 Å². The number of aromatic nitrogens is 1. The molecule has 2 rings (SSSR count). The van der Waals surface area contributed by atoms with Crippen LogP contribution in [0.4, 0.5) is 10.5 Å².